The van der Waals surface area contributed by atoms with E-state index in [1.54, 1.807) is 0 Å². The number of carbonyl (C=O) groups is 1. The fraction of sp³-hybridized carbons (Fsp3) is 0.222. The largest absolute Gasteiger partial charge is 0.468 e. The topological polar surface area (TPSA) is 98.5 Å². The molecule has 3 N–H and O–H groups in total. The molecule has 0 saturated carbocycles. The Balaban J connectivity index is 3.10. The van der Waals surface area contributed by atoms with E-state index in [2.05, 4.69) is 4.74 Å². The van der Waals surface area contributed by atoms with Crippen LogP contribution in [0.3, 0.4) is 0 Å². The van der Waals surface area contributed by atoms with Crippen LogP contribution in [0.1, 0.15) is 0 Å². The second kappa shape index (κ2) is 5.75. The zero-order valence-electron chi connectivity index (χ0n) is 9.24. The highest BCUT2D eigenvalue weighted by Gasteiger charge is 2.23. The molecular formula is C9H10Cl2N2O4S. The Morgan fingerprint density at radius 3 is 2.33 bits per heavy atom. The van der Waals surface area contributed by atoms with Crippen molar-refractivity contribution in [2.75, 3.05) is 19.4 Å². The third-order valence-corrected chi connectivity index (χ3v) is 4.25. The number of benzene rings is 1. The number of nitrogens with two attached hydrogens (primary N) is 1. The van der Waals surface area contributed by atoms with Crippen molar-refractivity contribution in [1.82, 2.24) is 4.72 Å². The molecular weight excluding hydrogens is 303 g/mol. The maximum absolute atomic E-state index is 11.9. The van der Waals surface area contributed by atoms with E-state index in [0.29, 0.717) is 0 Å². The Hall–Kier alpha value is -1.02. The van der Waals surface area contributed by atoms with E-state index in [1.807, 2.05) is 4.72 Å². The third kappa shape index (κ3) is 3.49. The number of anilines is 1. The van der Waals surface area contributed by atoms with E-state index in [-0.39, 0.29) is 20.6 Å². The van der Waals surface area contributed by atoms with Crippen molar-refractivity contribution in [3.8, 4) is 0 Å². The van der Waals surface area contributed by atoms with Crippen LogP contribution >= 0.6 is 23.2 Å². The smallest absolute Gasteiger partial charge is 0.320 e. The number of halogens is 2. The Bertz CT molecular complexity index is 551. The van der Waals surface area contributed by atoms with Gasteiger partial charge in [0, 0.05) is 5.69 Å². The monoisotopic (exact) mass is 312 g/mol. The molecule has 0 saturated heterocycles. The molecule has 100 valence electrons. The summed E-state index contributed by atoms with van der Waals surface area (Å²) in [6.45, 7) is -0.518. The van der Waals surface area contributed by atoms with E-state index in [0.717, 1.165) is 7.11 Å². The predicted molar refractivity (Wildman–Crippen MR) is 68.1 cm³/mol. The van der Waals surface area contributed by atoms with Gasteiger partial charge < -0.3 is 10.5 Å². The Labute approximate surface area is 114 Å². The summed E-state index contributed by atoms with van der Waals surface area (Å²) in [5.74, 6) is -0.735. The molecule has 0 fully saturated rings. The van der Waals surface area contributed by atoms with Crippen molar-refractivity contribution in [2.24, 2.45) is 0 Å². The fourth-order valence-electron chi connectivity index (χ4n) is 1.13. The number of nitrogens with one attached hydrogen (secondary N) is 1. The first-order valence-electron chi connectivity index (χ1n) is 4.59. The predicted octanol–water partition coefficient (Wildman–Crippen LogP) is 1.03. The normalized spacial score (nSPS) is 11.3. The molecule has 18 heavy (non-hydrogen) atoms. The van der Waals surface area contributed by atoms with Gasteiger partial charge in [-0.05, 0) is 12.1 Å². The van der Waals surface area contributed by atoms with Crippen LogP contribution in [0.25, 0.3) is 0 Å². The van der Waals surface area contributed by atoms with E-state index < -0.39 is 22.5 Å². The summed E-state index contributed by atoms with van der Waals surface area (Å²) in [4.78, 5) is 10.5. The van der Waals surface area contributed by atoms with Gasteiger partial charge in [-0.3, -0.25) is 4.79 Å². The molecule has 1 aromatic carbocycles. The molecule has 0 unspecified atom stereocenters. The molecule has 0 spiro atoms. The highest BCUT2D eigenvalue weighted by molar-refractivity contribution is 7.89. The number of nitrogen functional groups attached to an aromatic ring is 1. The van der Waals surface area contributed by atoms with Gasteiger partial charge in [0.2, 0.25) is 10.0 Å². The molecule has 1 rings (SSSR count). The fourth-order valence-corrected chi connectivity index (χ4v) is 3.33. The van der Waals surface area contributed by atoms with Crippen LogP contribution in [-0.4, -0.2) is 28.0 Å². The van der Waals surface area contributed by atoms with Gasteiger partial charge in [0.25, 0.3) is 0 Å². The average molecular weight is 313 g/mol. The number of esters is 1. The molecule has 0 aromatic heterocycles. The molecule has 0 bridgehead atoms. The van der Waals surface area contributed by atoms with Gasteiger partial charge in [-0.2, -0.15) is 4.72 Å². The van der Waals surface area contributed by atoms with Gasteiger partial charge in [-0.1, -0.05) is 23.2 Å². The number of rotatable bonds is 4. The molecule has 0 heterocycles. The van der Waals surface area contributed by atoms with Gasteiger partial charge in [-0.15, -0.1) is 0 Å². The van der Waals surface area contributed by atoms with Gasteiger partial charge in [-0.25, -0.2) is 8.42 Å². The minimum absolute atomic E-state index is 0.127. The van der Waals surface area contributed by atoms with Crippen molar-refractivity contribution in [3.63, 3.8) is 0 Å². The quantitative estimate of drug-likeness (QED) is 0.639. The number of hydrogen-bond donors (Lipinski definition) is 2. The summed E-state index contributed by atoms with van der Waals surface area (Å²) in [5, 5.41) is -0.255. The summed E-state index contributed by atoms with van der Waals surface area (Å²) in [6.07, 6.45) is 0. The van der Waals surface area contributed by atoms with Gasteiger partial charge in [0.1, 0.15) is 11.4 Å². The standard InChI is InChI=1S/C9H10Cl2N2O4S/c1-17-8(14)4-13-18(15,16)9-6(10)2-5(12)3-7(9)11/h2-3,13H,4,12H2,1H3. The van der Waals surface area contributed by atoms with E-state index in [1.165, 1.54) is 12.1 Å². The van der Waals surface area contributed by atoms with Crippen LogP contribution in [-0.2, 0) is 19.6 Å². The second-order valence-electron chi connectivity index (χ2n) is 3.21. The van der Waals surface area contributed by atoms with Crippen molar-refractivity contribution < 1.29 is 17.9 Å². The summed E-state index contributed by atoms with van der Waals surface area (Å²) < 4.78 is 30.1. The average Bonchev–Trinajstić information content (AvgIpc) is 2.24. The molecule has 0 aliphatic rings. The molecule has 6 nitrogen and oxygen atoms in total. The van der Waals surface area contributed by atoms with Crippen molar-refractivity contribution in [1.29, 1.82) is 0 Å². The number of sulfonamides is 1. The Morgan fingerprint density at radius 1 is 1.39 bits per heavy atom. The van der Waals surface area contributed by atoms with Crippen molar-refractivity contribution >= 4 is 44.9 Å². The zero-order chi connectivity index (χ0) is 13.9. The lowest BCUT2D eigenvalue weighted by Gasteiger charge is -2.10. The maximum atomic E-state index is 11.9. The third-order valence-electron chi connectivity index (χ3n) is 1.92. The lowest BCUT2D eigenvalue weighted by molar-refractivity contribution is -0.139. The van der Waals surface area contributed by atoms with Crippen molar-refractivity contribution in [3.05, 3.63) is 22.2 Å². The molecule has 0 atom stereocenters. The van der Waals surface area contributed by atoms with Gasteiger partial charge in [0.15, 0.2) is 0 Å². The van der Waals surface area contributed by atoms with Crippen LogP contribution in [0.5, 0.6) is 0 Å². The van der Waals surface area contributed by atoms with Crippen LogP contribution in [0.15, 0.2) is 17.0 Å². The highest BCUT2D eigenvalue weighted by Crippen LogP contribution is 2.31. The summed E-state index contributed by atoms with van der Waals surface area (Å²) >= 11 is 11.5. The minimum atomic E-state index is -4.01. The van der Waals surface area contributed by atoms with Crippen molar-refractivity contribution in [2.45, 2.75) is 4.90 Å². The number of hydrogen-bond acceptors (Lipinski definition) is 5. The molecule has 0 aliphatic heterocycles. The number of carbonyl (C=O) groups excluding carboxylic acids is 1. The minimum Gasteiger partial charge on any atom is -0.468 e. The molecule has 9 heteroatoms. The number of methoxy groups -OCH3 is 1. The SMILES string of the molecule is COC(=O)CNS(=O)(=O)c1c(Cl)cc(N)cc1Cl. The maximum Gasteiger partial charge on any atom is 0.320 e. The lowest BCUT2D eigenvalue weighted by Crippen LogP contribution is -2.30. The van der Waals surface area contributed by atoms with Crippen LogP contribution in [0.4, 0.5) is 5.69 Å². The lowest BCUT2D eigenvalue weighted by atomic mass is 10.3. The first-order valence-corrected chi connectivity index (χ1v) is 6.83. The van der Waals surface area contributed by atoms with Gasteiger partial charge in [0.05, 0.1) is 17.2 Å². The molecule has 1 aromatic rings. The molecule has 0 radical (unpaired) electrons. The highest BCUT2D eigenvalue weighted by atomic mass is 35.5. The first kappa shape index (κ1) is 15.0. The summed E-state index contributed by atoms with van der Waals surface area (Å²) in [7, 11) is -2.88. The first-order chi connectivity index (χ1) is 8.27. The second-order valence-corrected chi connectivity index (χ2v) is 5.73. The van der Waals surface area contributed by atoms with Gasteiger partial charge >= 0.3 is 5.97 Å². The number of ether oxygens (including phenoxy) is 1. The van der Waals surface area contributed by atoms with E-state index in [9.17, 15) is 13.2 Å². The molecule has 0 aliphatic carbocycles. The van der Waals surface area contributed by atoms with E-state index >= 15 is 0 Å². The van der Waals surface area contributed by atoms with Crippen LogP contribution in [0, 0.1) is 0 Å². The van der Waals surface area contributed by atoms with Crippen LogP contribution in [0.2, 0.25) is 10.0 Å². The molecule has 0 amide bonds. The van der Waals surface area contributed by atoms with Crippen LogP contribution < -0.4 is 10.5 Å². The Morgan fingerprint density at radius 2 is 1.89 bits per heavy atom. The summed E-state index contributed by atoms with van der Waals surface area (Å²) in [6, 6.07) is 2.50. The zero-order valence-corrected chi connectivity index (χ0v) is 11.6. The Kier molecular flexibility index (Phi) is 4.80. The van der Waals surface area contributed by atoms with E-state index in [4.69, 9.17) is 28.9 Å². The summed E-state index contributed by atoms with van der Waals surface area (Å²) in [5.41, 5.74) is 5.69.